The Morgan fingerprint density at radius 3 is 3.00 bits per heavy atom. The van der Waals surface area contributed by atoms with Crippen LogP contribution in [0.1, 0.15) is 25.5 Å². The van der Waals surface area contributed by atoms with Crippen LogP contribution in [0.2, 0.25) is 0 Å². The van der Waals surface area contributed by atoms with E-state index in [-0.39, 0.29) is 11.6 Å². The van der Waals surface area contributed by atoms with Gasteiger partial charge in [-0.1, -0.05) is 0 Å². The molecule has 2 rings (SSSR count). The summed E-state index contributed by atoms with van der Waals surface area (Å²) in [5, 5.41) is 18.5. The number of nitrogens with zero attached hydrogens (tertiary/aromatic N) is 3. The van der Waals surface area contributed by atoms with Crippen molar-refractivity contribution in [1.82, 2.24) is 15.1 Å². The van der Waals surface area contributed by atoms with E-state index in [1.807, 2.05) is 6.92 Å². The smallest absolute Gasteiger partial charge is 0.353 e. The van der Waals surface area contributed by atoms with Crippen LogP contribution >= 0.6 is 0 Å². The number of ether oxygens (including phenoxy) is 1. The zero-order valence-electron chi connectivity index (χ0n) is 11.4. The number of piperidine rings is 1. The van der Waals surface area contributed by atoms with Crippen molar-refractivity contribution in [3.8, 4) is 5.88 Å². The lowest BCUT2D eigenvalue weighted by atomic mass is 10.0. The topological polar surface area (TPSA) is 82.2 Å². The summed E-state index contributed by atoms with van der Waals surface area (Å²) in [4.78, 5) is 10.7. The molecule has 0 saturated carbocycles. The Morgan fingerprint density at radius 2 is 2.42 bits per heavy atom. The third-order valence-corrected chi connectivity index (χ3v) is 3.39. The van der Waals surface area contributed by atoms with Crippen molar-refractivity contribution in [3.05, 3.63) is 15.8 Å². The molecule has 1 aliphatic rings. The molecule has 1 atom stereocenters. The van der Waals surface area contributed by atoms with E-state index in [2.05, 4.69) is 10.4 Å². The molecule has 1 saturated heterocycles. The molecule has 1 N–H and O–H groups in total. The molecule has 7 heteroatoms. The molecule has 2 heterocycles. The lowest BCUT2D eigenvalue weighted by molar-refractivity contribution is -0.386. The van der Waals surface area contributed by atoms with Crippen LogP contribution in [-0.4, -0.2) is 34.4 Å². The third-order valence-electron chi connectivity index (χ3n) is 3.39. The highest BCUT2D eigenvalue weighted by Gasteiger charge is 2.27. The summed E-state index contributed by atoms with van der Waals surface area (Å²) in [6.07, 6.45) is 2.22. The van der Waals surface area contributed by atoms with Crippen LogP contribution in [0.3, 0.4) is 0 Å². The van der Waals surface area contributed by atoms with Gasteiger partial charge in [0.05, 0.1) is 11.5 Å². The molecule has 0 aromatic carbocycles. The van der Waals surface area contributed by atoms with Gasteiger partial charge in [0, 0.05) is 19.0 Å². The van der Waals surface area contributed by atoms with Gasteiger partial charge in [-0.05, 0) is 33.2 Å². The van der Waals surface area contributed by atoms with Gasteiger partial charge in [0.2, 0.25) is 0 Å². The molecular weight excluding hydrogens is 248 g/mol. The molecule has 19 heavy (non-hydrogen) atoms. The van der Waals surface area contributed by atoms with Gasteiger partial charge in [0.1, 0.15) is 5.69 Å². The predicted molar refractivity (Wildman–Crippen MR) is 70.4 cm³/mol. The summed E-state index contributed by atoms with van der Waals surface area (Å²) in [5.74, 6) is 0.699. The summed E-state index contributed by atoms with van der Waals surface area (Å²) in [5.41, 5.74) is 0.397. The summed E-state index contributed by atoms with van der Waals surface area (Å²) in [6.45, 7) is 6.55. The summed E-state index contributed by atoms with van der Waals surface area (Å²) < 4.78 is 7.26. The first kappa shape index (κ1) is 13.8. The Labute approximate surface area is 112 Å². The van der Waals surface area contributed by atoms with E-state index < -0.39 is 4.92 Å². The minimum Gasteiger partial charge on any atom is -0.473 e. The number of aromatic nitrogens is 2. The van der Waals surface area contributed by atoms with E-state index in [1.54, 1.807) is 11.6 Å². The second-order valence-electron chi connectivity index (χ2n) is 4.84. The minimum absolute atomic E-state index is 0.00869. The molecule has 1 unspecified atom stereocenters. The van der Waals surface area contributed by atoms with Gasteiger partial charge in [-0.25, -0.2) is 4.68 Å². The summed E-state index contributed by atoms with van der Waals surface area (Å²) in [6, 6.07) is 0. The van der Waals surface area contributed by atoms with Crippen molar-refractivity contribution >= 4 is 5.69 Å². The van der Waals surface area contributed by atoms with Gasteiger partial charge in [0.25, 0.3) is 5.88 Å². The first-order chi connectivity index (χ1) is 9.13. The van der Waals surface area contributed by atoms with E-state index in [4.69, 9.17) is 4.74 Å². The fourth-order valence-corrected chi connectivity index (χ4v) is 2.38. The Morgan fingerprint density at radius 1 is 1.63 bits per heavy atom. The van der Waals surface area contributed by atoms with Crippen molar-refractivity contribution in [2.45, 2.75) is 33.2 Å². The average Bonchev–Trinajstić information content (AvgIpc) is 2.73. The zero-order valence-corrected chi connectivity index (χ0v) is 11.4. The van der Waals surface area contributed by atoms with Crippen molar-refractivity contribution in [3.63, 3.8) is 0 Å². The maximum atomic E-state index is 11.1. The maximum Gasteiger partial charge on any atom is 0.353 e. The van der Waals surface area contributed by atoms with Gasteiger partial charge in [0.15, 0.2) is 0 Å². The molecule has 106 valence electrons. The van der Waals surface area contributed by atoms with Crippen molar-refractivity contribution < 1.29 is 9.66 Å². The summed E-state index contributed by atoms with van der Waals surface area (Å²) >= 11 is 0. The molecule has 1 aromatic heterocycles. The van der Waals surface area contributed by atoms with Crippen LogP contribution in [0.25, 0.3) is 0 Å². The van der Waals surface area contributed by atoms with Crippen LogP contribution < -0.4 is 10.1 Å². The van der Waals surface area contributed by atoms with Crippen LogP contribution in [0.15, 0.2) is 0 Å². The number of hydrogen-bond donors (Lipinski definition) is 1. The average molecular weight is 268 g/mol. The number of nitro groups is 1. The number of rotatable bonds is 5. The quantitative estimate of drug-likeness (QED) is 0.646. The van der Waals surface area contributed by atoms with Crippen molar-refractivity contribution in [2.75, 3.05) is 19.7 Å². The standard InChI is InChI=1S/C12H20N4O3/c1-3-15-12(11(16(17)18)9(2)14-15)19-8-10-5-4-6-13-7-10/h10,13H,3-8H2,1-2H3. The Hall–Kier alpha value is -1.63. The van der Waals surface area contributed by atoms with E-state index in [1.165, 1.54) is 0 Å². The Bertz CT molecular complexity index is 452. The normalized spacial score (nSPS) is 19.4. The molecule has 1 fully saturated rings. The lowest BCUT2D eigenvalue weighted by Gasteiger charge is -2.22. The van der Waals surface area contributed by atoms with Gasteiger partial charge in [-0.15, -0.1) is 0 Å². The van der Waals surface area contributed by atoms with Gasteiger partial charge in [-0.2, -0.15) is 5.10 Å². The molecule has 0 amide bonds. The number of nitrogens with one attached hydrogen (secondary N) is 1. The molecule has 1 aromatic rings. The van der Waals surface area contributed by atoms with Crippen molar-refractivity contribution in [2.24, 2.45) is 5.92 Å². The maximum absolute atomic E-state index is 11.1. The number of hydrogen-bond acceptors (Lipinski definition) is 5. The van der Waals surface area contributed by atoms with E-state index in [9.17, 15) is 10.1 Å². The lowest BCUT2D eigenvalue weighted by Crippen LogP contribution is -2.33. The van der Waals surface area contributed by atoms with E-state index in [0.29, 0.717) is 24.8 Å². The second-order valence-corrected chi connectivity index (χ2v) is 4.84. The van der Waals surface area contributed by atoms with Gasteiger partial charge >= 0.3 is 5.69 Å². The van der Waals surface area contributed by atoms with Crippen LogP contribution in [-0.2, 0) is 6.54 Å². The fourth-order valence-electron chi connectivity index (χ4n) is 2.38. The first-order valence-electron chi connectivity index (χ1n) is 6.68. The largest absolute Gasteiger partial charge is 0.473 e. The fraction of sp³-hybridized carbons (Fsp3) is 0.750. The van der Waals surface area contributed by atoms with Gasteiger partial charge < -0.3 is 10.1 Å². The third kappa shape index (κ3) is 3.04. The summed E-state index contributed by atoms with van der Waals surface area (Å²) in [7, 11) is 0. The van der Waals surface area contributed by atoms with Crippen LogP contribution in [0, 0.1) is 23.0 Å². The molecule has 0 radical (unpaired) electrons. The van der Waals surface area contributed by atoms with Gasteiger partial charge in [-0.3, -0.25) is 10.1 Å². The molecule has 0 bridgehead atoms. The monoisotopic (exact) mass is 268 g/mol. The number of aryl methyl sites for hydroxylation is 2. The molecule has 1 aliphatic heterocycles. The Kier molecular flexibility index (Phi) is 4.36. The minimum atomic E-state index is -0.414. The molecule has 7 nitrogen and oxygen atoms in total. The highest BCUT2D eigenvalue weighted by atomic mass is 16.6. The predicted octanol–water partition coefficient (Wildman–Crippen LogP) is 1.50. The highest BCUT2D eigenvalue weighted by Crippen LogP contribution is 2.31. The zero-order chi connectivity index (χ0) is 13.8. The molecule has 0 aliphatic carbocycles. The van der Waals surface area contributed by atoms with Crippen LogP contribution in [0.5, 0.6) is 5.88 Å². The van der Waals surface area contributed by atoms with E-state index in [0.717, 1.165) is 25.9 Å². The van der Waals surface area contributed by atoms with E-state index >= 15 is 0 Å². The highest BCUT2D eigenvalue weighted by molar-refractivity contribution is 5.45. The second kappa shape index (κ2) is 6.01. The van der Waals surface area contributed by atoms with Crippen molar-refractivity contribution in [1.29, 1.82) is 0 Å². The molecule has 0 spiro atoms. The SMILES string of the molecule is CCn1nc(C)c([N+](=O)[O-])c1OCC1CCCNC1. The first-order valence-corrected chi connectivity index (χ1v) is 6.68. The van der Waals surface area contributed by atoms with Crippen LogP contribution in [0.4, 0.5) is 5.69 Å². The molecular formula is C12H20N4O3. The Balaban J connectivity index is 2.11.